The highest BCUT2D eigenvalue weighted by Gasteiger charge is 2.25. The van der Waals surface area contributed by atoms with Crippen LogP contribution < -0.4 is 10.6 Å². The number of benzene rings is 3. The maximum atomic E-state index is 12.5. The lowest BCUT2D eigenvalue weighted by atomic mass is 10.1. The number of nitrogens with one attached hydrogen (secondary N) is 2. The van der Waals surface area contributed by atoms with Crippen molar-refractivity contribution in [2.45, 2.75) is 13.0 Å². The summed E-state index contributed by atoms with van der Waals surface area (Å²) in [7, 11) is 0. The first-order valence-corrected chi connectivity index (χ1v) is 9.07. The van der Waals surface area contributed by atoms with Gasteiger partial charge in [0.05, 0.1) is 17.4 Å². The summed E-state index contributed by atoms with van der Waals surface area (Å²) >= 11 is 0. The summed E-state index contributed by atoms with van der Waals surface area (Å²) in [6.45, 7) is 1.95. The molecule has 5 nitrogen and oxygen atoms in total. The van der Waals surface area contributed by atoms with Gasteiger partial charge in [0.15, 0.2) is 0 Å². The largest absolute Gasteiger partial charge is 0.346 e. The summed E-state index contributed by atoms with van der Waals surface area (Å²) in [6, 6.07) is 24.1. The molecule has 0 bridgehead atoms. The zero-order valence-electron chi connectivity index (χ0n) is 15.3. The lowest BCUT2D eigenvalue weighted by molar-refractivity contribution is -0.110. The number of rotatable bonds is 4. The van der Waals surface area contributed by atoms with E-state index < -0.39 is 0 Å². The average Bonchev–Trinajstić information content (AvgIpc) is 3.04. The Morgan fingerprint density at radius 1 is 0.929 bits per heavy atom. The van der Waals surface area contributed by atoms with Crippen molar-refractivity contribution in [3.05, 3.63) is 95.6 Å². The Hall–Kier alpha value is -3.73. The Labute approximate surface area is 163 Å². The van der Waals surface area contributed by atoms with Crippen LogP contribution in [0.4, 0.5) is 11.4 Å². The average molecular weight is 369 g/mol. The van der Waals surface area contributed by atoms with E-state index in [1.807, 2.05) is 61.5 Å². The fraction of sp³-hybridized carbons (Fsp3) is 0.0870. The monoisotopic (exact) mass is 369 g/mol. The first kappa shape index (κ1) is 17.7. The molecule has 138 valence electrons. The van der Waals surface area contributed by atoms with Crippen LogP contribution in [0.2, 0.25) is 0 Å². The number of anilines is 1. The van der Waals surface area contributed by atoms with E-state index in [-0.39, 0.29) is 17.9 Å². The third-order valence-corrected chi connectivity index (χ3v) is 4.66. The molecule has 3 aromatic carbocycles. The van der Waals surface area contributed by atoms with Crippen LogP contribution in [0, 0.1) is 0 Å². The number of amides is 2. The third kappa shape index (κ3) is 3.55. The van der Waals surface area contributed by atoms with Gasteiger partial charge in [-0.05, 0) is 42.8 Å². The Bertz CT molecular complexity index is 1060. The van der Waals surface area contributed by atoms with Crippen molar-refractivity contribution >= 4 is 28.9 Å². The highest BCUT2D eigenvalue weighted by molar-refractivity contribution is 6.54. The van der Waals surface area contributed by atoms with Gasteiger partial charge in [-0.3, -0.25) is 9.59 Å². The predicted octanol–water partition coefficient (Wildman–Crippen LogP) is 4.25. The van der Waals surface area contributed by atoms with Gasteiger partial charge in [-0.15, -0.1) is 0 Å². The summed E-state index contributed by atoms with van der Waals surface area (Å²) in [6.07, 6.45) is 0. The molecule has 4 rings (SSSR count). The fourth-order valence-corrected chi connectivity index (χ4v) is 3.13. The van der Waals surface area contributed by atoms with Gasteiger partial charge >= 0.3 is 0 Å². The first-order valence-electron chi connectivity index (χ1n) is 9.07. The van der Waals surface area contributed by atoms with Gasteiger partial charge in [-0.25, -0.2) is 4.99 Å². The predicted molar refractivity (Wildman–Crippen MR) is 110 cm³/mol. The third-order valence-electron chi connectivity index (χ3n) is 4.66. The molecule has 28 heavy (non-hydrogen) atoms. The van der Waals surface area contributed by atoms with E-state index in [4.69, 9.17) is 0 Å². The van der Waals surface area contributed by atoms with Gasteiger partial charge in [0, 0.05) is 11.1 Å². The minimum atomic E-state index is -0.222. The molecule has 0 fully saturated rings. The van der Waals surface area contributed by atoms with Crippen LogP contribution in [-0.2, 0) is 4.79 Å². The second-order valence-electron chi connectivity index (χ2n) is 6.61. The van der Waals surface area contributed by atoms with Gasteiger partial charge in [-0.2, -0.15) is 0 Å². The molecule has 0 saturated heterocycles. The fourth-order valence-electron chi connectivity index (χ4n) is 3.13. The number of carbonyl (C=O) groups is 2. The second-order valence-corrected chi connectivity index (χ2v) is 6.61. The quantitative estimate of drug-likeness (QED) is 0.722. The molecule has 3 aromatic rings. The molecular formula is C23H19N3O2. The summed E-state index contributed by atoms with van der Waals surface area (Å²) < 4.78 is 0. The van der Waals surface area contributed by atoms with Crippen LogP contribution in [0.1, 0.15) is 34.5 Å². The molecule has 1 aliphatic rings. The SMILES string of the molecule is C[C@H](NC(=O)c1ccc(N=C2C(=O)Nc3ccccc32)cc1)c1ccccc1. The maximum Gasteiger partial charge on any atom is 0.275 e. The van der Waals surface area contributed by atoms with Crippen molar-refractivity contribution in [1.82, 2.24) is 5.32 Å². The summed E-state index contributed by atoms with van der Waals surface area (Å²) in [4.78, 5) is 29.1. The molecule has 1 aliphatic heterocycles. The molecule has 0 saturated carbocycles. The van der Waals surface area contributed by atoms with Crippen LogP contribution in [0.15, 0.2) is 83.9 Å². The lowest BCUT2D eigenvalue weighted by Gasteiger charge is -2.14. The van der Waals surface area contributed by atoms with Gasteiger partial charge in [0.25, 0.3) is 11.8 Å². The molecule has 0 aromatic heterocycles. The molecule has 1 heterocycles. The normalized spacial score (nSPS) is 15.0. The lowest BCUT2D eigenvalue weighted by Crippen LogP contribution is -2.26. The van der Waals surface area contributed by atoms with E-state index in [1.54, 1.807) is 24.3 Å². The first-order chi connectivity index (χ1) is 13.6. The zero-order valence-corrected chi connectivity index (χ0v) is 15.3. The summed E-state index contributed by atoms with van der Waals surface area (Å²) in [5.41, 5.74) is 4.14. The summed E-state index contributed by atoms with van der Waals surface area (Å²) in [5, 5.41) is 5.79. The van der Waals surface area contributed by atoms with Crippen LogP contribution >= 0.6 is 0 Å². The summed E-state index contributed by atoms with van der Waals surface area (Å²) in [5.74, 6) is -0.376. The van der Waals surface area contributed by atoms with Crippen LogP contribution in [0.5, 0.6) is 0 Å². The van der Waals surface area contributed by atoms with Crippen LogP contribution in [0.25, 0.3) is 0 Å². The van der Waals surface area contributed by atoms with E-state index in [0.717, 1.165) is 16.8 Å². The van der Waals surface area contributed by atoms with Crippen LogP contribution in [0.3, 0.4) is 0 Å². The van der Waals surface area contributed by atoms with Gasteiger partial charge in [0.2, 0.25) is 0 Å². The molecule has 0 spiro atoms. The van der Waals surface area contributed by atoms with E-state index in [0.29, 0.717) is 17.0 Å². The van der Waals surface area contributed by atoms with Gasteiger partial charge in [0.1, 0.15) is 5.71 Å². The minimum Gasteiger partial charge on any atom is -0.346 e. The van der Waals surface area contributed by atoms with E-state index in [1.165, 1.54) is 0 Å². The van der Waals surface area contributed by atoms with Crippen molar-refractivity contribution in [3.8, 4) is 0 Å². The number of nitrogens with zero attached hydrogens (tertiary/aromatic N) is 1. The zero-order chi connectivity index (χ0) is 19.5. The van der Waals surface area contributed by atoms with Crippen molar-refractivity contribution in [1.29, 1.82) is 0 Å². The number of para-hydroxylation sites is 1. The Kier molecular flexibility index (Phi) is 4.72. The number of hydrogen-bond donors (Lipinski definition) is 2. The number of fused-ring (bicyclic) bond motifs is 1. The highest BCUT2D eigenvalue weighted by atomic mass is 16.2. The molecular weight excluding hydrogens is 350 g/mol. The highest BCUT2D eigenvalue weighted by Crippen LogP contribution is 2.25. The smallest absolute Gasteiger partial charge is 0.275 e. The molecule has 0 radical (unpaired) electrons. The second kappa shape index (κ2) is 7.48. The number of aliphatic imine (C=N–C) groups is 1. The molecule has 0 unspecified atom stereocenters. The molecule has 2 N–H and O–H groups in total. The van der Waals surface area contributed by atoms with Crippen LogP contribution in [-0.4, -0.2) is 17.5 Å². The van der Waals surface area contributed by atoms with Gasteiger partial charge in [-0.1, -0.05) is 48.5 Å². The van der Waals surface area contributed by atoms with Crippen molar-refractivity contribution in [2.75, 3.05) is 5.32 Å². The Morgan fingerprint density at radius 3 is 2.36 bits per heavy atom. The van der Waals surface area contributed by atoms with E-state index in [9.17, 15) is 9.59 Å². The maximum absolute atomic E-state index is 12.5. The van der Waals surface area contributed by atoms with Gasteiger partial charge < -0.3 is 10.6 Å². The topological polar surface area (TPSA) is 70.6 Å². The Morgan fingerprint density at radius 2 is 1.61 bits per heavy atom. The molecule has 1 atom stereocenters. The molecule has 2 amide bonds. The van der Waals surface area contributed by atoms with Crippen molar-refractivity contribution in [2.24, 2.45) is 4.99 Å². The van der Waals surface area contributed by atoms with E-state index in [2.05, 4.69) is 15.6 Å². The molecule has 0 aliphatic carbocycles. The number of hydrogen-bond acceptors (Lipinski definition) is 3. The standard InChI is InChI=1S/C23H19N3O2/c1-15(16-7-3-2-4-8-16)24-22(27)17-11-13-18(14-12-17)25-21-19-9-5-6-10-20(19)26-23(21)28/h2-15H,1H3,(H,24,27)(H,25,26,28)/t15-/m0/s1. The molecule has 5 heteroatoms. The van der Waals surface area contributed by atoms with E-state index >= 15 is 0 Å². The van der Waals surface area contributed by atoms with Crippen molar-refractivity contribution in [3.63, 3.8) is 0 Å². The number of carbonyl (C=O) groups excluding carboxylic acids is 2. The Balaban J connectivity index is 1.50. The van der Waals surface area contributed by atoms with Crippen molar-refractivity contribution < 1.29 is 9.59 Å². The minimum absolute atomic E-state index is 0.0905.